The molecule has 3 aromatic heterocycles. The third-order valence-electron chi connectivity index (χ3n) is 5.57. The minimum absolute atomic E-state index is 0. The van der Waals surface area contributed by atoms with Gasteiger partial charge in [-0.2, -0.15) is 6.07 Å². The first-order chi connectivity index (χ1) is 15.7. The van der Waals surface area contributed by atoms with Gasteiger partial charge in [0.1, 0.15) is 17.1 Å². The van der Waals surface area contributed by atoms with Crippen LogP contribution in [-0.4, -0.2) is 19.6 Å². The van der Waals surface area contributed by atoms with Gasteiger partial charge in [0, 0.05) is 50.0 Å². The summed E-state index contributed by atoms with van der Waals surface area (Å²) in [5, 5.41) is 13.2. The second kappa shape index (κ2) is 8.34. The first-order valence-corrected chi connectivity index (χ1v) is 10.3. The topological polar surface area (TPSA) is 60.2 Å². The Morgan fingerprint density at radius 2 is 1.79 bits per heavy atom. The van der Waals surface area contributed by atoms with Crippen molar-refractivity contribution >= 4 is 32.7 Å². The second-order valence-electron chi connectivity index (χ2n) is 7.73. The molecule has 1 N–H and O–H groups in total. The summed E-state index contributed by atoms with van der Waals surface area (Å²) in [5.74, 6) is 1.89. The number of fused-ring (bicyclic) bond motifs is 4. The van der Waals surface area contributed by atoms with Crippen molar-refractivity contribution in [2.24, 2.45) is 0 Å². The van der Waals surface area contributed by atoms with E-state index in [9.17, 15) is 5.11 Å². The van der Waals surface area contributed by atoms with Crippen molar-refractivity contribution in [1.29, 1.82) is 0 Å². The molecule has 0 radical (unpaired) electrons. The van der Waals surface area contributed by atoms with E-state index in [2.05, 4.69) is 45.7 Å². The Hall–Kier alpha value is -3.69. The van der Waals surface area contributed by atoms with Crippen LogP contribution in [0.4, 0.5) is 0 Å². The van der Waals surface area contributed by atoms with Gasteiger partial charge in [-0.25, -0.2) is 9.97 Å². The summed E-state index contributed by atoms with van der Waals surface area (Å²) in [6.07, 6.45) is 1.82. The molecular weight excluding hydrogens is 593 g/mol. The number of aromatic nitrogens is 3. The smallest absolute Gasteiger partial charge is 0.217 e. The molecule has 0 aliphatic carbocycles. The molecule has 6 rings (SSSR count). The summed E-state index contributed by atoms with van der Waals surface area (Å²) in [6.45, 7) is 2.05. The normalized spacial score (nSPS) is 11.1. The molecule has 5 nitrogen and oxygen atoms in total. The largest absolute Gasteiger partial charge is 0.506 e. The van der Waals surface area contributed by atoms with Gasteiger partial charge in [0.05, 0.1) is 0 Å². The summed E-state index contributed by atoms with van der Waals surface area (Å²) in [6, 6.07) is 28.6. The Balaban J connectivity index is 0.00000228. The maximum absolute atomic E-state index is 10.1. The quantitative estimate of drug-likeness (QED) is 0.238. The van der Waals surface area contributed by atoms with Crippen LogP contribution in [0.2, 0.25) is 0 Å². The Morgan fingerprint density at radius 3 is 2.67 bits per heavy atom. The third-order valence-corrected chi connectivity index (χ3v) is 5.57. The first-order valence-electron chi connectivity index (χ1n) is 10.3. The van der Waals surface area contributed by atoms with Gasteiger partial charge in [0.15, 0.2) is 0 Å². The van der Waals surface area contributed by atoms with Crippen LogP contribution in [-0.2, 0) is 21.1 Å². The minimum Gasteiger partial charge on any atom is -0.506 e. The van der Waals surface area contributed by atoms with Crippen LogP contribution < -0.4 is 4.74 Å². The van der Waals surface area contributed by atoms with E-state index < -0.39 is 0 Å². The molecule has 6 heteroatoms. The molecule has 0 saturated carbocycles. The predicted molar refractivity (Wildman–Crippen MR) is 126 cm³/mol. The van der Waals surface area contributed by atoms with E-state index in [1.54, 1.807) is 18.2 Å². The Morgan fingerprint density at radius 1 is 0.909 bits per heavy atom. The number of hydrogen-bond donors (Lipinski definition) is 1. The van der Waals surface area contributed by atoms with Crippen LogP contribution in [0.5, 0.6) is 17.4 Å². The molecule has 33 heavy (non-hydrogen) atoms. The van der Waals surface area contributed by atoms with Gasteiger partial charge in [-0.3, -0.25) is 0 Å². The molecule has 0 amide bonds. The van der Waals surface area contributed by atoms with Gasteiger partial charge in [0.2, 0.25) is 5.88 Å². The zero-order chi connectivity index (χ0) is 21.7. The zero-order valence-corrected chi connectivity index (χ0v) is 19.9. The van der Waals surface area contributed by atoms with Crippen LogP contribution >= 0.6 is 0 Å². The third kappa shape index (κ3) is 3.65. The van der Waals surface area contributed by atoms with Crippen LogP contribution in [0.1, 0.15) is 5.56 Å². The Bertz CT molecular complexity index is 1640. The van der Waals surface area contributed by atoms with E-state index in [-0.39, 0.29) is 26.8 Å². The fourth-order valence-corrected chi connectivity index (χ4v) is 4.10. The van der Waals surface area contributed by atoms with Crippen LogP contribution in [0, 0.1) is 13.0 Å². The van der Waals surface area contributed by atoms with Gasteiger partial charge in [-0.15, -0.1) is 17.5 Å². The molecule has 0 bridgehead atoms. The number of aromatic hydroxyl groups is 1. The molecule has 0 unspecified atom stereocenters. The average molecular weight is 612 g/mol. The number of para-hydroxylation sites is 2. The van der Waals surface area contributed by atoms with Crippen LogP contribution in [0.25, 0.3) is 38.5 Å². The number of phenolic OH excluding ortho intramolecular Hbond substituents is 1. The fourth-order valence-electron chi connectivity index (χ4n) is 4.10. The van der Waals surface area contributed by atoms with E-state index >= 15 is 0 Å². The van der Waals surface area contributed by atoms with Gasteiger partial charge in [-0.1, -0.05) is 35.8 Å². The zero-order valence-electron chi connectivity index (χ0n) is 17.6. The monoisotopic (exact) mass is 611 g/mol. The van der Waals surface area contributed by atoms with Crippen molar-refractivity contribution in [3.63, 3.8) is 0 Å². The molecular formula is C27H18N3O2Pt-. The van der Waals surface area contributed by atoms with Crippen molar-refractivity contribution in [2.45, 2.75) is 6.92 Å². The van der Waals surface area contributed by atoms with Gasteiger partial charge in [-0.05, 0) is 48.2 Å². The second-order valence-corrected chi connectivity index (χ2v) is 7.73. The summed E-state index contributed by atoms with van der Waals surface area (Å²) in [7, 11) is 0. The van der Waals surface area contributed by atoms with Crippen molar-refractivity contribution in [3.8, 4) is 23.2 Å². The predicted octanol–water partition coefficient (Wildman–Crippen LogP) is 6.33. The van der Waals surface area contributed by atoms with E-state index in [1.165, 1.54) is 0 Å². The van der Waals surface area contributed by atoms with Gasteiger partial charge < -0.3 is 14.4 Å². The van der Waals surface area contributed by atoms with Crippen molar-refractivity contribution in [3.05, 3.63) is 96.7 Å². The average Bonchev–Trinajstić information content (AvgIpc) is 3.13. The maximum Gasteiger partial charge on any atom is 0.217 e. The molecule has 0 saturated heterocycles. The summed E-state index contributed by atoms with van der Waals surface area (Å²) >= 11 is 0. The number of benzene rings is 3. The molecule has 0 aliphatic heterocycles. The molecule has 164 valence electrons. The van der Waals surface area contributed by atoms with Crippen LogP contribution in [0.3, 0.4) is 0 Å². The van der Waals surface area contributed by atoms with Crippen LogP contribution in [0.15, 0.2) is 85.1 Å². The molecule has 0 aliphatic rings. The fraction of sp³-hybridized carbons (Fsp3) is 0.0370. The summed E-state index contributed by atoms with van der Waals surface area (Å²) in [4.78, 5) is 9.08. The number of ether oxygens (including phenoxy) is 1. The van der Waals surface area contributed by atoms with E-state index in [4.69, 9.17) is 4.74 Å². The summed E-state index contributed by atoms with van der Waals surface area (Å²) < 4.78 is 8.15. The first kappa shape index (κ1) is 21.2. The standard InChI is InChI=1S/C27H18N3O2.Pt/c1-17-13-14-28-25(15-17)30-22-7-3-2-6-20(22)21-11-10-19(16-23(21)30)32-26-12-9-18-5-4-8-24(31)27(18)29-26;/h2-15,31H,1H3;/q-1;. The van der Waals surface area contributed by atoms with E-state index in [0.29, 0.717) is 17.1 Å². The number of phenols is 1. The minimum atomic E-state index is 0. The van der Waals surface area contributed by atoms with Crippen molar-refractivity contribution in [2.75, 3.05) is 0 Å². The number of nitrogens with zero attached hydrogens (tertiary/aromatic N) is 3. The Labute approximate surface area is 204 Å². The van der Waals surface area contributed by atoms with Crippen molar-refractivity contribution < 1.29 is 30.9 Å². The molecule has 0 spiro atoms. The van der Waals surface area contributed by atoms with E-state index in [0.717, 1.165) is 38.6 Å². The molecule has 3 aromatic carbocycles. The Kier molecular flexibility index (Phi) is 5.35. The summed E-state index contributed by atoms with van der Waals surface area (Å²) in [5.41, 5.74) is 3.57. The van der Waals surface area contributed by atoms with Gasteiger partial charge in [0.25, 0.3) is 0 Å². The molecule has 0 fully saturated rings. The van der Waals surface area contributed by atoms with Crippen molar-refractivity contribution in [1.82, 2.24) is 14.5 Å². The number of pyridine rings is 2. The SMILES string of the molecule is Cc1ccnc(-n2c3[c-]c(Oc4ccc5cccc(O)c5n4)ccc3c3ccccc32)c1.[Pt]. The molecule has 3 heterocycles. The van der Waals surface area contributed by atoms with Gasteiger partial charge >= 0.3 is 0 Å². The number of hydrogen-bond acceptors (Lipinski definition) is 4. The number of rotatable bonds is 3. The molecule has 6 aromatic rings. The maximum atomic E-state index is 10.1. The number of aryl methyl sites for hydroxylation is 1. The van der Waals surface area contributed by atoms with E-state index in [1.807, 2.05) is 48.7 Å². The molecule has 0 atom stereocenters.